The van der Waals surface area contributed by atoms with Crippen molar-refractivity contribution in [2.75, 3.05) is 0 Å². The fourth-order valence-electron chi connectivity index (χ4n) is 10.5. The minimum atomic E-state index is -2.05. The fourth-order valence-corrected chi connectivity index (χ4v) is 17.4. The van der Waals surface area contributed by atoms with Gasteiger partial charge in [-0.15, -0.1) is 0 Å². The van der Waals surface area contributed by atoms with Crippen LogP contribution < -0.4 is 20.7 Å². The van der Waals surface area contributed by atoms with E-state index in [1.165, 1.54) is 149 Å². The van der Waals surface area contributed by atoms with E-state index in [1.54, 1.807) is 22.3 Å². The topological polar surface area (TPSA) is 9.23 Å². The first-order valence-corrected chi connectivity index (χ1v) is 24.6. The smallest absolute Gasteiger partial charge is 0.228 e. The van der Waals surface area contributed by atoms with Gasteiger partial charge in [-0.3, -0.25) is 0 Å². The zero-order valence-corrected chi connectivity index (χ0v) is 33.6. The largest absolute Gasteiger partial charge is 0.446 e. The molecule has 0 unspecified atom stereocenters. The first-order valence-electron chi connectivity index (χ1n) is 21.3. The Morgan fingerprint density at radius 2 is 0.549 bits per heavy atom. The molecule has 0 N–H and O–H groups in total. The Balaban J connectivity index is 1.21. The van der Waals surface area contributed by atoms with Crippen molar-refractivity contribution in [3.05, 3.63) is 119 Å². The molecule has 0 aromatic heterocycles. The van der Waals surface area contributed by atoms with Crippen molar-refractivity contribution in [3.63, 3.8) is 0 Å². The molecular formula is C48H62OSi2. The Hall–Kier alpha value is -2.73. The maximum atomic E-state index is 8.04. The van der Waals surface area contributed by atoms with Crippen LogP contribution in [0.5, 0.6) is 0 Å². The molecule has 1 nitrogen and oxygen atoms in total. The molecule has 0 atom stereocenters. The lowest BCUT2D eigenvalue weighted by Crippen LogP contribution is -2.56. The lowest BCUT2D eigenvalue weighted by molar-refractivity contribution is 0.443. The molecular weight excluding hydrogens is 649 g/mol. The Kier molecular flexibility index (Phi) is 12.0. The summed E-state index contributed by atoms with van der Waals surface area (Å²) in [6.07, 6.45) is 27.3. The van der Waals surface area contributed by atoms with Gasteiger partial charge in [-0.2, -0.15) is 0 Å². The van der Waals surface area contributed by atoms with Crippen LogP contribution in [0.2, 0.25) is 0 Å². The molecule has 0 amide bonds. The number of hydrogen-bond acceptors (Lipinski definition) is 1. The Morgan fingerprint density at radius 1 is 0.314 bits per heavy atom. The second-order valence-corrected chi connectivity index (χ2v) is 22.2. The summed E-state index contributed by atoms with van der Waals surface area (Å²) in [5, 5.41) is 5.96. The van der Waals surface area contributed by atoms with Gasteiger partial charge >= 0.3 is 0 Å². The van der Waals surface area contributed by atoms with Gasteiger partial charge in [0.25, 0.3) is 0 Å². The second-order valence-electron chi connectivity index (χ2n) is 16.9. The Bertz CT molecular complexity index is 1440. The second kappa shape index (κ2) is 17.4. The van der Waals surface area contributed by atoms with E-state index in [0.717, 1.165) is 0 Å². The summed E-state index contributed by atoms with van der Waals surface area (Å²) < 4.78 is 8.04. The van der Waals surface area contributed by atoms with Crippen LogP contribution in [-0.2, 0) is 4.12 Å². The number of hydrogen-bond donors (Lipinski definition) is 0. The van der Waals surface area contributed by atoms with E-state index >= 15 is 0 Å². The molecule has 8 rings (SSSR count). The number of benzene rings is 4. The van der Waals surface area contributed by atoms with Gasteiger partial charge in [0.15, 0.2) is 0 Å². The predicted molar refractivity (Wildman–Crippen MR) is 223 cm³/mol. The summed E-state index contributed by atoms with van der Waals surface area (Å²) in [4.78, 5) is 0. The summed E-state index contributed by atoms with van der Waals surface area (Å²) in [6.45, 7) is 0. The zero-order chi connectivity index (χ0) is 34.2. The lowest BCUT2D eigenvalue weighted by atomic mass is 9.84. The van der Waals surface area contributed by atoms with Gasteiger partial charge in [0, 0.05) is 0 Å². The summed E-state index contributed by atoms with van der Waals surface area (Å²) in [5.74, 6) is 2.81. The van der Waals surface area contributed by atoms with E-state index in [-0.39, 0.29) is 0 Å². The molecule has 51 heavy (non-hydrogen) atoms. The highest BCUT2D eigenvalue weighted by atomic mass is 28.4. The standard InChI is InChI=1S/C48H62OSi2/c1-5-17-37(18-6-1)41-25-13-29-45(33-41)50(46-30-14-26-42(34-46)38-19-7-2-8-20-38)49-51(47-31-15-27-43(35-47)39-21-9-3-10-22-39)48-32-16-28-44(36-48)40-23-11-4-12-24-40/h13-16,25-40,50-51H,1-12,17-24H2. The summed E-state index contributed by atoms with van der Waals surface area (Å²) >= 11 is 0. The average Bonchev–Trinajstić information content (AvgIpc) is 3.23. The van der Waals surface area contributed by atoms with Gasteiger partial charge in [0.05, 0.1) is 0 Å². The molecule has 0 spiro atoms. The number of rotatable bonds is 10. The van der Waals surface area contributed by atoms with E-state index < -0.39 is 18.1 Å². The van der Waals surface area contributed by atoms with Crippen LogP contribution in [0.4, 0.5) is 0 Å². The molecule has 0 bridgehead atoms. The van der Waals surface area contributed by atoms with Crippen molar-refractivity contribution in [1.29, 1.82) is 0 Å². The van der Waals surface area contributed by atoms with Crippen molar-refractivity contribution in [2.45, 2.75) is 152 Å². The van der Waals surface area contributed by atoms with Crippen LogP contribution in [0.1, 0.15) is 174 Å². The van der Waals surface area contributed by atoms with Gasteiger partial charge in [-0.25, -0.2) is 0 Å². The molecule has 4 aromatic rings. The minimum Gasteiger partial charge on any atom is -0.446 e. The highest BCUT2D eigenvalue weighted by molar-refractivity contribution is 6.91. The SMILES string of the molecule is c1cc(C2CCCCC2)cc([SiH](O[SiH](c2cccc(C3CCCCC3)c2)c2cccc(C3CCCCC3)c2)c2cccc(C3CCCCC3)c2)c1. The van der Waals surface area contributed by atoms with Crippen LogP contribution in [0.3, 0.4) is 0 Å². The summed E-state index contributed by atoms with van der Waals surface area (Å²) in [7, 11) is -4.10. The maximum Gasteiger partial charge on any atom is 0.228 e. The third-order valence-electron chi connectivity index (χ3n) is 13.4. The Labute approximate surface area is 313 Å². The fraction of sp³-hybridized carbons (Fsp3) is 0.500. The maximum absolute atomic E-state index is 8.04. The first-order chi connectivity index (χ1) is 25.3. The van der Waals surface area contributed by atoms with E-state index in [0.29, 0.717) is 23.7 Å². The average molecular weight is 711 g/mol. The normalized spacial score (nSPS) is 20.3. The van der Waals surface area contributed by atoms with Gasteiger partial charge in [-0.05, 0) is 118 Å². The van der Waals surface area contributed by atoms with Crippen LogP contribution in [0.25, 0.3) is 0 Å². The third-order valence-corrected chi connectivity index (χ3v) is 19.5. The van der Waals surface area contributed by atoms with Crippen molar-refractivity contribution < 1.29 is 4.12 Å². The lowest BCUT2D eigenvalue weighted by Gasteiger charge is -2.29. The van der Waals surface area contributed by atoms with Crippen LogP contribution in [0.15, 0.2) is 97.1 Å². The summed E-state index contributed by atoms with van der Waals surface area (Å²) in [6, 6.07) is 39.4. The van der Waals surface area contributed by atoms with Crippen molar-refractivity contribution >= 4 is 38.8 Å². The first kappa shape index (κ1) is 35.3. The summed E-state index contributed by atoms with van der Waals surface area (Å²) in [5.41, 5.74) is 6.25. The van der Waals surface area contributed by atoms with E-state index in [9.17, 15) is 0 Å². The third kappa shape index (κ3) is 8.74. The van der Waals surface area contributed by atoms with Gasteiger partial charge in [0.1, 0.15) is 0 Å². The van der Waals surface area contributed by atoms with Crippen molar-refractivity contribution in [1.82, 2.24) is 0 Å². The highest BCUT2D eigenvalue weighted by Crippen LogP contribution is 2.35. The van der Waals surface area contributed by atoms with Crippen LogP contribution >= 0.6 is 0 Å². The minimum absolute atomic E-state index is 0.703. The molecule has 3 heteroatoms. The molecule has 4 saturated carbocycles. The monoisotopic (exact) mass is 710 g/mol. The predicted octanol–water partition coefficient (Wildman–Crippen LogP) is 10.3. The Morgan fingerprint density at radius 3 is 0.784 bits per heavy atom. The van der Waals surface area contributed by atoms with Gasteiger partial charge in [-0.1, -0.05) is 174 Å². The molecule has 4 fully saturated rings. The molecule has 0 saturated heterocycles. The van der Waals surface area contributed by atoms with Crippen molar-refractivity contribution in [3.8, 4) is 0 Å². The quantitative estimate of drug-likeness (QED) is 0.149. The molecule has 0 radical (unpaired) electrons. The van der Waals surface area contributed by atoms with E-state index in [2.05, 4.69) is 97.1 Å². The van der Waals surface area contributed by atoms with Gasteiger partial charge < -0.3 is 4.12 Å². The molecule has 0 aliphatic heterocycles. The molecule has 4 aliphatic carbocycles. The van der Waals surface area contributed by atoms with Crippen LogP contribution in [-0.4, -0.2) is 18.1 Å². The zero-order valence-electron chi connectivity index (χ0n) is 31.3. The molecule has 268 valence electrons. The molecule has 4 aliphatic rings. The molecule has 4 aromatic carbocycles. The highest BCUT2D eigenvalue weighted by Gasteiger charge is 2.30. The van der Waals surface area contributed by atoms with Crippen LogP contribution in [0, 0.1) is 0 Å². The van der Waals surface area contributed by atoms with Crippen molar-refractivity contribution in [2.24, 2.45) is 0 Å². The van der Waals surface area contributed by atoms with Gasteiger partial charge in [0.2, 0.25) is 18.1 Å². The van der Waals surface area contributed by atoms with E-state index in [1.807, 2.05) is 0 Å². The van der Waals surface area contributed by atoms with E-state index in [4.69, 9.17) is 4.12 Å². The molecule has 0 heterocycles.